The second kappa shape index (κ2) is 5.69. The summed E-state index contributed by atoms with van der Waals surface area (Å²) >= 11 is 2.77. The summed E-state index contributed by atoms with van der Waals surface area (Å²) in [4.78, 5) is 27.0. The first-order chi connectivity index (χ1) is 10.1. The molecule has 1 aliphatic rings. The lowest BCUT2D eigenvalue weighted by Crippen LogP contribution is -2.28. The van der Waals surface area contributed by atoms with Crippen molar-refractivity contribution in [2.24, 2.45) is 5.92 Å². The van der Waals surface area contributed by atoms with E-state index in [9.17, 15) is 9.59 Å². The molecule has 0 bridgehead atoms. The first-order valence-electron chi connectivity index (χ1n) is 6.63. The van der Waals surface area contributed by atoms with Crippen LogP contribution in [-0.2, 0) is 4.79 Å². The monoisotopic (exact) mass is 321 g/mol. The van der Waals surface area contributed by atoms with Crippen molar-refractivity contribution in [3.05, 3.63) is 44.4 Å². The third kappa shape index (κ3) is 2.53. The lowest BCUT2D eigenvalue weighted by atomic mass is 9.83. The number of ether oxygens (including phenoxy) is 1. The average molecular weight is 321 g/mol. The lowest BCUT2D eigenvalue weighted by molar-refractivity contribution is -0.111. The molecule has 0 spiro atoms. The number of rotatable bonds is 3. The summed E-state index contributed by atoms with van der Waals surface area (Å²) < 4.78 is 5.18. The Bertz CT molecular complexity index is 704. The van der Waals surface area contributed by atoms with E-state index in [0.717, 1.165) is 27.5 Å². The van der Waals surface area contributed by atoms with Gasteiger partial charge in [-0.05, 0) is 17.7 Å². The van der Waals surface area contributed by atoms with E-state index in [1.54, 1.807) is 18.9 Å². The van der Waals surface area contributed by atoms with Gasteiger partial charge >= 0.3 is 4.87 Å². The number of fused-ring (bicyclic) bond motifs is 1. The van der Waals surface area contributed by atoms with E-state index >= 15 is 0 Å². The summed E-state index contributed by atoms with van der Waals surface area (Å²) in [5.41, 5.74) is 1.04. The van der Waals surface area contributed by atoms with Crippen LogP contribution in [-0.4, -0.2) is 23.6 Å². The molecule has 1 aromatic heterocycles. The van der Waals surface area contributed by atoms with E-state index in [-0.39, 0.29) is 22.0 Å². The molecule has 2 aromatic rings. The Hall–Kier alpha value is -1.53. The zero-order valence-electron chi connectivity index (χ0n) is 11.7. The van der Waals surface area contributed by atoms with Crippen molar-refractivity contribution < 1.29 is 9.53 Å². The second-order valence-corrected chi connectivity index (χ2v) is 7.40. The molecule has 0 aliphatic carbocycles. The van der Waals surface area contributed by atoms with E-state index in [1.165, 1.54) is 11.3 Å². The number of carbonyl (C=O) groups excluding carboxylic acids is 1. The molecule has 6 heteroatoms. The maximum atomic E-state index is 11.7. The van der Waals surface area contributed by atoms with Crippen LogP contribution < -0.4 is 9.61 Å². The molecule has 1 N–H and O–H groups in total. The highest BCUT2D eigenvalue weighted by Crippen LogP contribution is 2.48. The van der Waals surface area contributed by atoms with E-state index in [4.69, 9.17) is 4.74 Å². The quantitative estimate of drug-likeness (QED) is 0.883. The van der Waals surface area contributed by atoms with Crippen LogP contribution in [0.2, 0.25) is 0 Å². The number of nitrogens with one attached hydrogen (secondary N) is 1. The Balaban J connectivity index is 2.11. The molecule has 0 saturated heterocycles. The SMILES string of the molecule is COc1ccc([C@H]2c3sc(=O)[nH]c3S[C@H](C)[C@@H]2C=O)cc1. The molecular formula is C15H15NO3S2. The molecule has 2 heterocycles. The largest absolute Gasteiger partial charge is 0.497 e. The number of carbonyl (C=O) groups is 1. The van der Waals surface area contributed by atoms with Crippen molar-refractivity contribution in [3.8, 4) is 5.75 Å². The molecule has 4 nitrogen and oxygen atoms in total. The van der Waals surface area contributed by atoms with Gasteiger partial charge in [0.1, 0.15) is 12.0 Å². The van der Waals surface area contributed by atoms with Crippen LogP contribution in [0.25, 0.3) is 0 Å². The lowest BCUT2D eigenvalue weighted by Gasteiger charge is -2.32. The van der Waals surface area contributed by atoms with Crippen molar-refractivity contribution in [3.63, 3.8) is 0 Å². The van der Waals surface area contributed by atoms with Gasteiger partial charge in [0, 0.05) is 22.0 Å². The molecule has 110 valence electrons. The molecule has 21 heavy (non-hydrogen) atoms. The number of benzene rings is 1. The van der Waals surface area contributed by atoms with Crippen LogP contribution in [0.4, 0.5) is 0 Å². The van der Waals surface area contributed by atoms with Crippen LogP contribution in [0, 0.1) is 5.92 Å². The molecule has 3 rings (SSSR count). The van der Waals surface area contributed by atoms with Gasteiger partial charge in [0.25, 0.3) is 0 Å². The minimum absolute atomic E-state index is 0.0650. The maximum absolute atomic E-state index is 11.7. The predicted octanol–water partition coefficient (Wildman–Crippen LogP) is 2.89. The standard InChI is InChI=1S/C15H15NO3S2/c1-8-11(7-17)12(9-3-5-10(19-2)6-4-9)13-14(20-8)16-15(18)21-13/h3-8,11-12H,1-2H3,(H,16,18)/t8-,11+,12-/m1/s1. The summed E-state index contributed by atoms with van der Waals surface area (Å²) in [6, 6.07) is 7.71. The summed E-state index contributed by atoms with van der Waals surface area (Å²) in [6.45, 7) is 2.03. The van der Waals surface area contributed by atoms with E-state index < -0.39 is 0 Å². The van der Waals surface area contributed by atoms with Gasteiger partial charge in [-0.1, -0.05) is 30.4 Å². The first kappa shape index (κ1) is 14.4. The summed E-state index contributed by atoms with van der Waals surface area (Å²) in [5.74, 6) is 0.577. The highest BCUT2D eigenvalue weighted by molar-refractivity contribution is 8.00. The second-order valence-electron chi connectivity index (χ2n) is 5.00. The Morgan fingerprint density at radius 1 is 1.29 bits per heavy atom. The number of aromatic nitrogens is 1. The van der Waals surface area contributed by atoms with Crippen LogP contribution >= 0.6 is 23.1 Å². The number of thiazole rings is 1. The highest BCUT2D eigenvalue weighted by atomic mass is 32.2. The topological polar surface area (TPSA) is 59.2 Å². The van der Waals surface area contributed by atoms with E-state index in [1.807, 2.05) is 31.2 Å². The fourth-order valence-corrected chi connectivity index (χ4v) is 5.10. The highest BCUT2D eigenvalue weighted by Gasteiger charge is 2.38. The summed E-state index contributed by atoms with van der Waals surface area (Å²) in [6.07, 6.45) is 1.01. The molecule has 0 radical (unpaired) electrons. The minimum Gasteiger partial charge on any atom is -0.497 e. The zero-order valence-corrected chi connectivity index (χ0v) is 13.3. The molecule has 0 amide bonds. The van der Waals surface area contributed by atoms with Gasteiger partial charge in [-0.15, -0.1) is 11.8 Å². The number of hydrogen-bond donors (Lipinski definition) is 1. The van der Waals surface area contributed by atoms with Gasteiger partial charge in [0.15, 0.2) is 0 Å². The molecule has 0 saturated carbocycles. The summed E-state index contributed by atoms with van der Waals surface area (Å²) in [5, 5.41) is 1.03. The van der Waals surface area contributed by atoms with Crippen molar-refractivity contribution >= 4 is 29.4 Å². The summed E-state index contributed by atoms with van der Waals surface area (Å²) in [7, 11) is 1.62. The van der Waals surface area contributed by atoms with Crippen molar-refractivity contribution in [1.29, 1.82) is 0 Å². The van der Waals surface area contributed by atoms with Gasteiger partial charge in [0.05, 0.1) is 12.1 Å². The number of thioether (sulfide) groups is 1. The molecule has 3 atom stereocenters. The smallest absolute Gasteiger partial charge is 0.305 e. The van der Waals surface area contributed by atoms with Crippen LogP contribution in [0.1, 0.15) is 23.3 Å². The number of hydrogen-bond acceptors (Lipinski definition) is 5. The average Bonchev–Trinajstić information content (AvgIpc) is 2.85. The first-order valence-corrected chi connectivity index (χ1v) is 8.32. The third-order valence-electron chi connectivity index (χ3n) is 3.79. The van der Waals surface area contributed by atoms with Crippen LogP contribution in [0.15, 0.2) is 34.1 Å². The van der Waals surface area contributed by atoms with Crippen LogP contribution in [0.3, 0.4) is 0 Å². The van der Waals surface area contributed by atoms with Gasteiger partial charge in [-0.2, -0.15) is 0 Å². The van der Waals surface area contributed by atoms with Crippen molar-refractivity contribution in [2.75, 3.05) is 7.11 Å². The number of H-pyrrole nitrogens is 1. The Morgan fingerprint density at radius 2 is 2.00 bits per heavy atom. The van der Waals surface area contributed by atoms with Crippen molar-refractivity contribution in [2.45, 2.75) is 23.1 Å². The number of aromatic amines is 1. The minimum atomic E-state index is -0.137. The Morgan fingerprint density at radius 3 is 2.62 bits per heavy atom. The van der Waals surface area contributed by atoms with Gasteiger partial charge in [0.2, 0.25) is 0 Å². The number of aldehydes is 1. The molecular weight excluding hydrogens is 306 g/mol. The fraction of sp³-hybridized carbons (Fsp3) is 0.333. The van der Waals surface area contributed by atoms with Gasteiger partial charge in [-0.3, -0.25) is 4.79 Å². The fourth-order valence-electron chi connectivity index (χ4n) is 2.70. The molecule has 1 aliphatic heterocycles. The normalized spacial score (nSPS) is 24.4. The third-order valence-corrected chi connectivity index (χ3v) is 6.13. The van der Waals surface area contributed by atoms with Crippen LogP contribution in [0.5, 0.6) is 5.75 Å². The maximum Gasteiger partial charge on any atom is 0.305 e. The zero-order chi connectivity index (χ0) is 15.0. The Kier molecular flexibility index (Phi) is 3.91. The molecule has 1 aromatic carbocycles. The predicted molar refractivity (Wildman–Crippen MR) is 84.6 cm³/mol. The van der Waals surface area contributed by atoms with E-state index in [2.05, 4.69) is 4.98 Å². The van der Waals surface area contributed by atoms with Gasteiger partial charge < -0.3 is 14.5 Å². The number of methoxy groups -OCH3 is 1. The Labute approximate surface area is 130 Å². The molecule has 0 fully saturated rings. The molecule has 0 unspecified atom stereocenters. The van der Waals surface area contributed by atoms with E-state index in [0.29, 0.717) is 0 Å². The van der Waals surface area contributed by atoms with Crippen molar-refractivity contribution in [1.82, 2.24) is 4.98 Å². The van der Waals surface area contributed by atoms with Gasteiger partial charge in [-0.25, -0.2) is 0 Å².